The number of hydrogen-bond donors (Lipinski definition) is 1. The van der Waals surface area contributed by atoms with Gasteiger partial charge in [-0.15, -0.1) is 0 Å². The molecule has 0 saturated heterocycles. The van der Waals surface area contributed by atoms with E-state index in [1.54, 1.807) is 0 Å². The molecule has 3 heteroatoms. The number of thiol groups is 1. The SMILES string of the molecule is Cn1ncc2cc(-c3ccccc3CS)ccc21. The largest absolute Gasteiger partial charge is 0.268 e. The molecule has 3 rings (SSSR count). The van der Waals surface area contributed by atoms with Crippen LogP contribution in [-0.4, -0.2) is 9.78 Å². The molecule has 0 atom stereocenters. The molecule has 0 aliphatic carbocycles. The molecule has 0 amide bonds. The first-order chi connectivity index (χ1) is 8.79. The monoisotopic (exact) mass is 254 g/mol. The third kappa shape index (κ3) is 1.81. The van der Waals surface area contributed by atoms with E-state index in [9.17, 15) is 0 Å². The van der Waals surface area contributed by atoms with E-state index >= 15 is 0 Å². The van der Waals surface area contributed by atoms with Crippen molar-refractivity contribution in [3.05, 3.63) is 54.2 Å². The Morgan fingerprint density at radius 3 is 2.83 bits per heavy atom. The second kappa shape index (κ2) is 4.50. The average molecular weight is 254 g/mol. The van der Waals surface area contributed by atoms with Crippen LogP contribution in [0.3, 0.4) is 0 Å². The van der Waals surface area contributed by atoms with Gasteiger partial charge in [-0.25, -0.2) is 0 Å². The van der Waals surface area contributed by atoms with Crippen molar-refractivity contribution in [2.75, 3.05) is 0 Å². The quantitative estimate of drug-likeness (QED) is 0.691. The van der Waals surface area contributed by atoms with Crippen LogP contribution in [0.2, 0.25) is 0 Å². The highest BCUT2D eigenvalue weighted by molar-refractivity contribution is 7.79. The van der Waals surface area contributed by atoms with Gasteiger partial charge in [0.2, 0.25) is 0 Å². The van der Waals surface area contributed by atoms with Gasteiger partial charge in [0.05, 0.1) is 11.7 Å². The molecule has 0 aliphatic rings. The molecule has 90 valence electrons. The van der Waals surface area contributed by atoms with Gasteiger partial charge in [0.25, 0.3) is 0 Å². The van der Waals surface area contributed by atoms with Crippen molar-refractivity contribution in [2.24, 2.45) is 7.05 Å². The van der Waals surface area contributed by atoms with Crippen LogP contribution in [0.1, 0.15) is 5.56 Å². The topological polar surface area (TPSA) is 17.8 Å². The first kappa shape index (κ1) is 11.4. The Bertz CT molecular complexity index is 701. The van der Waals surface area contributed by atoms with Crippen molar-refractivity contribution >= 4 is 23.5 Å². The second-order valence-electron chi connectivity index (χ2n) is 4.36. The Morgan fingerprint density at radius 2 is 2.00 bits per heavy atom. The summed E-state index contributed by atoms with van der Waals surface area (Å²) in [7, 11) is 1.96. The van der Waals surface area contributed by atoms with Crippen LogP contribution < -0.4 is 0 Å². The molecule has 1 aromatic heterocycles. The van der Waals surface area contributed by atoms with E-state index in [0.29, 0.717) is 0 Å². The summed E-state index contributed by atoms with van der Waals surface area (Å²) in [6, 6.07) is 14.8. The summed E-state index contributed by atoms with van der Waals surface area (Å²) >= 11 is 4.39. The Hall–Kier alpha value is -1.74. The van der Waals surface area contributed by atoms with E-state index < -0.39 is 0 Å². The number of aromatic nitrogens is 2. The number of nitrogens with zero attached hydrogens (tertiary/aromatic N) is 2. The van der Waals surface area contributed by atoms with Gasteiger partial charge in [-0.3, -0.25) is 4.68 Å². The second-order valence-corrected chi connectivity index (χ2v) is 4.67. The molecule has 18 heavy (non-hydrogen) atoms. The average Bonchev–Trinajstić information content (AvgIpc) is 2.80. The Labute approximate surface area is 112 Å². The zero-order valence-corrected chi connectivity index (χ0v) is 11.1. The lowest BCUT2D eigenvalue weighted by Gasteiger charge is -2.07. The van der Waals surface area contributed by atoms with Gasteiger partial charge in [0.1, 0.15) is 0 Å². The van der Waals surface area contributed by atoms with Gasteiger partial charge in [0, 0.05) is 18.2 Å². The van der Waals surface area contributed by atoms with Crippen molar-refractivity contribution in [2.45, 2.75) is 5.75 Å². The van der Waals surface area contributed by atoms with E-state index in [1.807, 2.05) is 17.9 Å². The van der Waals surface area contributed by atoms with Gasteiger partial charge in [0.15, 0.2) is 0 Å². The first-order valence-electron chi connectivity index (χ1n) is 5.90. The number of aryl methyl sites for hydroxylation is 1. The summed E-state index contributed by atoms with van der Waals surface area (Å²) in [6.07, 6.45) is 1.90. The highest BCUT2D eigenvalue weighted by atomic mass is 32.1. The standard InChI is InChI=1S/C15H14N2S/c1-17-15-7-6-11(8-13(15)9-16-17)14-5-3-2-4-12(14)10-18/h2-9,18H,10H2,1H3. The summed E-state index contributed by atoms with van der Waals surface area (Å²) in [5.74, 6) is 0.751. The number of hydrogen-bond acceptors (Lipinski definition) is 2. The van der Waals surface area contributed by atoms with Crippen LogP contribution in [-0.2, 0) is 12.8 Å². The number of benzene rings is 2. The van der Waals surface area contributed by atoms with Crippen LogP contribution in [0, 0.1) is 0 Å². The fourth-order valence-corrected chi connectivity index (χ4v) is 2.55. The molecule has 1 heterocycles. The van der Waals surface area contributed by atoms with E-state index in [2.05, 4.69) is 60.2 Å². The normalized spacial score (nSPS) is 11.0. The lowest BCUT2D eigenvalue weighted by atomic mass is 9.99. The van der Waals surface area contributed by atoms with Crippen molar-refractivity contribution in [3.63, 3.8) is 0 Å². The predicted molar refractivity (Wildman–Crippen MR) is 78.8 cm³/mol. The van der Waals surface area contributed by atoms with Crippen LogP contribution >= 0.6 is 12.6 Å². The first-order valence-corrected chi connectivity index (χ1v) is 6.54. The molecular weight excluding hydrogens is 240 g/mol. The zero-order chi connectivity index (χ0) is 12.5. The van der Waals surface area contributed by atoms with Gasteiger partial charge >= 0.3 is 0 Å². The molecule has 0 fully saturated rings. The fourth-order valence-electron chi connectivity index (χ4n) is 2.27. The molecule has 0 radical (unpaired) electrons. The predicted octanol–water partition coefficient (Wildman–Crippen LogP) is 3.67. The van der Waals surface area contributed by atoms with Crippen LogP contribution in [0.4, 0.5) is 0 Å². The Balaban J connectivity index is 2.19. The highest BCUT2D eigenvalue weighted by Gasteiger charge is 2.05. The third-order valence-corrected chi connectivity index (χ3v) is 3.59. The molecule has 0 aliphatic heterocycles. The fraction of sp³-hybridized carbons (Fsp3) is 0.133. The van der Waals surface area contributed by atoms with Gasteiger partial charge in [-0.2, -0.15) is 17.7 Å². The highest BCUT2D eigenvalue weighted by Crippen LogP contribution is 2.27. The van der Waals surface area contributed by atoms with E-state index in [0.717, 1.165) is 11.3 Å². The summed E-state index contributed by atoms with van der Waals surface area (Å²) in [4.78, 5) is 0. The van der Waals surface area contributed by atoms with Crippen molar-refractivity contribution < 1.29 is 0 Å². The van der Waals surface area contributed by atoms with Gasteiger partial charge < -0.3 is 0 Å². The molecule has 0 unspecified atom stereocenters. The molecule has 2 aromatic carbocycles. The van der Waals surface area contributed by atoms with Gasteiger partial charge in [-0.05, 0) is 28.8 Å². The maximum atomic E-state index is 4.39. The molecule has 0 N–H and O–H groups in total. The summed E-state index contributed by atoms with van der Waals surface area (Å²) in [5, 5.41) is 5.45. The minimum atomic E-state index is 0.751. The van der Waals surface area contributed by atoms with Crippen LogP contribution in [0.25, 0.3) is 22.0 Å². The summed E-state index contributed by atoms with van der Waals surface area (Å²) in [5.41, 5.74) is 4.88. The minimum absolute atomic E-state index is 0.751. The van der Waals surface area contributed by atoms with E-state index in [1.165, 1.54) is 22.1 Å². The maximum Gasteiger partial charge on any atom is 0.0679 e. The molecule has 0 bridgehead atoms. The maximum absolute atomic E-state index is 4.39. The molecule has 0 saturated carbocycles. The van der Waals surface area contributed by atoms with Crippen LogP contribution in [0.15, 0.2) is 48.7 Å². The zero-order valence-electron chi connectivity index (χ0n) is 10.2. The third-order valence-electron chi connectivity index (χ3n) is 3.24. The van der Waals surface area contributed by atoms with Crippen molar-refractivity contribution in [1.29, 1.82) is 0 Å². The van der Waals surface area contributed by atoms with E-state index in [4.69, 9.17) is 0 Å². The summed E-state index contributed by atoms with van der Waals surface area (Å²) < 4.78 is 1.89. The minimum Gasteiger partial charge on any atom is -0.268 e. The lowest BCUT2D eigenvalue weighted by molar-refractivity contribution is 0.797. The molecular formula is C15H14N2S. The Kier molecular flexibility index (Phi) is 2.84. The number of fused-ring (bicyclic) bond motifs is 1. The van der Waals surface area contributed by atoms with E-state index in [-0.39, 0.29) is 0 Å². The lowest BCUT2D eigenvalue weighted by Crippen LogP contribution is -1.89. The molecule has 0 spiro atoms. The molecule has 2 nitrogen and oxygen atoms in total. The van der Waals surface area contributed by atoms with Crippen molar-refractivity contribution in [3.8, 4) is 11.1 Å². The number of rotatable bonds is 2. The Morgan fingerprint density at radius 1 is 1.17 bits per heavy atom. The van der Waals surface area contributed by atoms with Gasteiger partial charge in [-0.1, -0.05) is 30.3 Å². The van der Waals surface area contributed by atoms with Crippen LogP contribution in [0.5, 0.6) is 0 Å². The summed E-state index contributed by atoms with van der Waals surface area (Å²) in [6.45, 7) is 0. The smallest absolute Gasteiger partial charge is 0.0679 e. The van der Waals surface area contributed by atoms with Crippen molar-refractivity contribution in [1.82, 2.24) is 9.78 Å². The molecule has 3 aromatic rings.